The number of benzene rings is 2. The van der Waals surface area contributed by atoms with Crippen LogP contribution in [0.5, 0.6) is 11.5 Å². The minimum absolute atomic E-state index is 0.223. The monoisotopic (exact) mass is 375 g/mol. The molecule has 2 aliphatic heterocycles. The van der Waals surface area contributed by atoms with Crippen molar-refractivity contribution in [2.75, 3.05) is 18.5 Å². The number of para-hydroxylation sites is 2. The molecule has 2 aliphatic rings. The van der Waals surface area contributed by atoms with Crippen molar-refractivity contribution in [2.45, 2.75) is 25.8 Å². The van der Waals surface area contributed by atoms with Gasteiger partial charge in [0, 0.05) is 24.7 Å². The van der Waals surface area contributed by atoms with E-state index in [4.69, 9.17) is 14.5 Å². The van der Waals surface area contributed by atoms with E-state index in [2.05, 4.69) is 16.1 Å². The summed E-state index contributed by atoms with van der Waals surface area (Å²) < 4.78 is 13.5. The fourth-order valence-electron chi connectivity index (χ4n) is 3.80. The first-order valence-electron chi connectivity index (χ1n) is 9.65. The zero-order valence-electron chi connectivity index (χ0n) is 15.5. The number of amides is 1. The summed E-state index contributed by atoms with van der Waals surface area (Å²) in [5.74, 6) is 2.00. The lowest BCUT2D eigenvalue weighted by Gasteiger charge is -2.20. The van der Waals surface area contributed by atoms with E-state index in [9.17, 15) is 4.79 Å². The third-order valence-corrected chi connectivity index (χ3v) is 5.17. The molecule has 28 heavy (non-hydrogen) atoms. The normalized spacial score (nSPS) is 15.0. The Morgan fingerprint density at radius 3 is 2.86 bits per heavy atom. The van der Waals surface area contributed by atoms with E-state index in [0.29, 0.717) is 30.3 Å². The molecule has 6 nitrogen and oxygen atoms in total. The summed E-state index contributed by atoms with van der Waals surface area (Å²) in [6, 6.07) is 13.1. The number of imidazole rings is 1. The molecule has 0 bridgehead atoms. The van der Waals surface area contributed by atoms with E-state index in [1.807, 2.05) is 30.3 Å². The standard InChI is InChI=1S/C22H21N3O3/c26-22(16-7-5-9-19-21(16)28-13-12-27-19)24-17-8-2-1-6-15(17)18-14-25-11-4-3-10-20(25)23-18/h1-2,5-9,14H,3-4,10-13H2,(H,24,26). The molecule has 6 heteroatoms. The van der Waals surface area contributed by atoms with Crippen molar-refractivity contribution in [2.24, 2.45) is 0 Å². The van der Waals surface area contributed by atoms with Crippen LogP contribution in [0.4, 0.5) is 5.69 Å². The molecule has 1 amide bonds. The van der Waals surface area contributed by atoms with Crippen molar-refractivity contribution >= 4 is 11.6 Å². The molecule has 0 atom stereocenters. The van der Waals surface area contributed by atoms with Gasteiger partial charge >= 0.3 is 0 Å². The lowest BCUT2D eigenvalue weighted by Crippen LogP contribution is -2.20. The van der Waals surface area contributed by atoms with Crippen molar-refractivity contribution in [1.82, 2.24) is 9.55 Å². The van der Waals surface area contributed by atoms with Gasteiger partial charge in [0.25, 0.3) is 5.91 Å². The number of nitrogens with one attached hydrogen (secondary N) is 1. The molecule has 0 spiro atoms. The molecule has 0 radical (unpaired) electrons. The minimum atomic E-state index is -0.223. The molecule has 0 saturated carbocycles. The maximum absolute atomic E-state index is 13.0. The Bertz CT molecular complexity index is 1020. The van der Waals surface area contributed by atoms with Crippen LogP contribution in [0.2, 0.25) is 0 Å². The number of fused-ring (bicyclic) bond motifs is 2. The summed E-state index contributed by atoms with van der Waals surface area (Å²) in [6.07, 6.45) is 5.45. The molecule has 5 rings (SSSR count). The van der Waals surface area contributed by atoms with Crippen LogP contribution in [0.1, 0.15) is 29.0 Å². The van der Waals surface area contributed by atoms with Crippen molar-refractivity contribution in [1.29, 1.82) is 0 Å². The molecule has 0 unspecified atom stereocenters. The van der Waals surface area contributed by atoms with Gasteiger partial charge in [-0.1, -0.05) is 24.3 Å². The summed E-state index contributed by atoms with van der Waals surface area (Å²) >= 11 is 0. The molecule has 3 heterocycles. The number of ether oxygens (including phenoxy) is 2. The van der Waals surface area contributed by atoms with E-state index in [1.165, 1.54) is 12.8 Å². The van der Waals surface area contributed by atoms with Crippen LogP contribution in [-0.4, -0.2) is 28.7 Å². The zero-order chi connectivity index (χ0) is 18.9. The minimum Gasteiger partial charge on any atom is -0.486 e. The molecular formula is C22H21N3O3. The molecular weight excluding hydrogens is 354 g/mol. The predicted molar refractivity (Wildman–Crippen MR) is 106 cm³/mol. The first-order valence-corrected chi connectivity index (χ1v) is 9.65. The van der Waals surface area contributed by atoms with E-state index < -0.39 is 0 Å². The van der Waals surface area contributed by atoms with Gasteiger partial charge in [-0.25, -0.2) is 4.98 Å². The smallest absolute Gasteiger partial charge is 0.259 e. The van der Waals surface area contributed by atoms with Crippen LogP contribution in [0.3, 0.4) is 0 Å². The van der Waals surface area contributed by atoms with Gasteiger partial charge in [-0.15, -0.1) is 0 Å². The van der Waals surface area contributed by atoms with E-state index >= 15 is 0 Å². The van der Waals surface area contributed by atoms with Gasteiger partial charge in [0.15, 0.2) is 11.5 Å². The lowest BCUT2D eigenvalue weighted by molar-refractivity contribution is 0.101. The number of carbonyl (C=O) groups is 1. The van der Waals surface area contributed by atoms with Gasteiger partial charge in [0.2, 0.25) is 0 Å². The Balaban J connectivity index is 1.47. The molecule has 1 N–H and O–H groups in total. The van der Waals surface area contributed by atoms with E-state index in [0.717, 1.165) is 35.7 Å². The quantitative estimate of drug-likeness (QED) is 0.754. The van der Waals surface area contributed by atoms with Crippen molar-refractivity contribution in [3.05, 3.63) is 60.0 Å². The second-order valence-corrected chi connectivity index (χ2v) is 7.02. The maximum Gasteiger partial charge on any atom is 0.259 e. The van der Waals surface area contributed by atoms with Gasteiger partial charge in [0.1, 0.15) is 19.0 Å². The van der Waals surface area contributed by atoms with Gasteiger partial charge < -0.3 is 19.4 Å². The predicted octanol–water partition coefficient (Wildman–Crippen LogP) is 3.91. The Hall–Kier alpha value is -3.28. The van der Waals surface area contributed by atoms with Gasteiger partial charge in [0.05, 0.1) is 16.9 Å². The molecule has 142 valence electrons. The second-order valence-electron chi connectivity index (χ2n) is 7.02. The summed E-state index contributed by atoms with van der Waals surface area (Å²) in [5.41, 5.74) is 3.01. The molecule has 1 aromatic heterocycles. The van der Waals surface area contributed by atoms with Gasteiger partial charge in [-0.05, 0) is 31.0 Å². The third kappa shape index (κ3) is 3.01. The topological polar surface area (TPSA) is 65.4 Å². The highest BCUT2D eigenvalue weighted by Gasteiger charge is 2.22. The summed E-state index contributed by atoms with van der Waals surface area (Å²) in [6.45, 7) is 1.93. The van der Waals surface area contributed by atoms with Crippen molar-refractivity contribution in [3.8, 4) is 22.8 Å². The largest absolute Gasteiger partial charge is 0.486 e. The van der Waals surface area contributed by atoms with E-state index in [-0.39, 0.29) is 5.91 Å². The van der Waals surface area contributed by atoms with Crippen LogP contribution in [0.25, 0.3) is 11.3 Å². The Kier molecular flexibility index (Phi) is 4.24. The molecule has 3 aromatic rings. The number of nitrogens with zero attached hydrogens (tertiary/aromatic N) is 2. The summed E-state index contributed by atoms with van der Waals surface area (Å²) in [4.78, 5) is 17.8. The molecule has 0 fully saturated rings. The first kappa shape index (κ1) is 16.9. The number of carbonyl (C=O) groups excluding carboxylic acids is 1. The highest BCUT2D eigenvalue weighted by atomic mass is 16.6. The average Bonchev–Trinajstić information content (AvgIpc) is 3.18. The maximum atomic E-state index is 13.0. The van der Waals surface area contributed by atoms with Crippen LogP contribution in [0, 0.1) is 0 Å². The number of anilines is 1. The Morgan fingerprint density at radius 2 is 1.93 bits per heavy atom. The zero-order valence-corrected chi connectivity index (χ0v) is 15.5. The summed E-state index contributed by atoms with van der Waals surface area (Å²) in [7, 11) is 0. The lowest BCUT2D eigenvalue weighted by atomic mass is 10.1. The number of hydrogen-bond donors (Lipinski definition) is 1. The number of hydrogen-bond acceptors (Lipinski definition) is 4. The molecule has 2 aromatic carbocycles. The first-order chi connectivity index (χ1) is 13.8. The van der Waals surface area contributed by atoms with Crippen LogP contribution in [-0.2, 0) is 13.0 Å². The van der Waals surface area contributed by atoms with Crippen LogP contribution in [0.15, 0.2) is 48.7 Å². The molecule has 0 saturated heterocycles. The fourth-order valence-corrected chi connectivity index (χ4v) is 3.80. The van der Waals surface area contributed by atoms with Gasteiger partial charge in [-0.3, -0.25) is 4.79 Å². The van der Waals surface area contributed by atoms with Crippen LogP contribution < -0.4 is 14.8 Å². The fraction of sp³-hybridized carbons (Fsp3) is 0.273. The van der Waals surface area contributed by atoms with Crippen molar-refractivity contribution < 1.29 is 14.3 Å². The average molecular weight is 375 g/mol. The van der Waals surface area contributed by atoms with Crippen LogP contribution >= 0.6 is 0 Å². The second kappa shape index (κ2) is 7.03. The Morgan fingerprint density at radius 1 is 1.04 bits per heavy atom. The number of rotatable bonds is 3. The Labute approximate surface area is 163 Å². The summed E-state index contributed by atoms with van der Waals surface area (Å²) in [5, 5.41) is 3.03. The number of aryl methyl sites for hydroxylation is 2. The highest BCUT2D eigenvalue weighted by molar-refractivity contribution is 6.08. The third-order valence-electron chi connectivity index (χ3n) is 5.17. The number of aromatic nitrogens is 2. The molecule has 0 aliphatic carbocycles. The SMILES string of the molecule is O=C(Nc1ccccc1-c1cn2c(n1)CCCC2)c1cccc2c1OCCO2. The highest BCUT2D eigenvalue weighted by Crippen LogP contribution is 2.35. The van der Waals surface area contributed by atoms with E-state index in [1.54, 1.807) is 12.1 Å². The van der Waals surface area contributed by atoms with Gasteiger partial charge in [-0.2, -0.15) is 0 Å². The van der Waals surface area contributed by atoms with Crippen molar-refractivity contribution in [3.63, 3.8) is 0 Å².